The molecule has 3 aliphatic rings. The fourth-order valence-electron chi connectivity index (χ4n) is 6.05. The number of nitrogens with zero attached hydrogens (tertiary/aromatic N) is 5. The second-order valence-electron chi connectivity index (χ2n) is 11.8. The second kappa shape index (κ2) is 16.0. The van der Waals surface area contributed by atoms with Gasteiger partial charge in [-0.05, 0) is 71.0 Å². The van der Waals surface area contributed by atoms with Crippen LogP contribution in [0, 0.1) is 11.8 Å². The van der Waals surface area contributed by atoms with Gasteiger partial charge in [-0.1, -0.05) is 19.9 Å². The molecule has 3 rings (SSSR count). The lowest BCUT2D eigenvalue weighted by atomic mass is 9.84. The molecule has 3 saturated heterocycles. The molecular formula is C31H51N5O6. The molecule has 0 radical (unpaired) electrons. The fourth-order valence-corrected chi connectivity index (χ4v) is 6.05. The van der Waals surface area contributed by atoms with Gasteiger partial charge in [-0.15, -0.1) is 0 Å². The summed E-state index contributed by atoms with van der Waals surface area (Å²) in [6.07, 6.45) is 7.87. The number of amides is 3. The molecular weight excluding hydrogens is 538 g/mol. The molecule has 0 aromatic carbocycles. The van der Waals surface area contributed by atoms with Crippen LogP contribution in [0.4, 0.5) is 4.79 Å². The average molecular weight is 590 g/mol. The number of rotatable bonds is 16. The average Bonchev–Trinajstić information content (AvgIpc) is 3.64. The first-order valence-electron chi connectivity index (χ1n) is 15.3. The fraction of sp³-hybridized carbons (Fsp3) is 0.710. The summed E-state index contributed by atoms with van der Waals surface area (Å²) in [5.41, 5.74) is 0.630. The van der Waals surface area contributed by atoms with Crippen LogP contribution in [0.1, 0.15) is 46.0 Å². The number of aliphatic carboxylic acids is 1. The minimum atomic E-state index is -0.925. The maximum Gasteiger partial charge on any atom is 0.319 e. The molecule has 0 aliphatic carbocycles. The molecule has 0 bridgehead atoms. The number of allylic oxidation sites excluding steroid dienone is 2. The number of hydrogen-bond donors (Lipinski definition) is 1. The van der Waals surface area contributed by atoms with Gasteiger partial charge in [0.05, 0.1) is 12.5 Å². The number of unbranched alkanes of at least 4 members (excludes halogenated alkanes) is 2. The third-order valence-electron chi connectivity index (χ3n) is 8.51. The topological polar surface area (TPSA) is 106 Å². The van der Waals surface area contributed by atoms with Crippen molar-refractivity contribution < 1.29 is 29.0 Å². The Labute approximate surface area is 251 Å². The maximum atomic E-state index is 13.7. The Bertz CT molecular complexity index is 1030. The van der Waals surface area contributed by atoms with Crippen molar-refractivity contribution in [3.05, 3.63) is 35.8 Å². The van der Waals surface area contributed by atoms with E-state index in [0.29, 0.717) is 62.8 Å². The predicted molar refractivity (Wildman–Crippen MR) is 161 cm³/mol. The highest BCUT2D eigenvalue weighted by Gasteiger charge is 2.47. The lowest BCUT2D eigenvalue weighted by Crippen LogP contribution is -2.46. The number of likely N-dealkylation sites (tertiary alicyclic amines) is 1. The number of carboxylic acid groups (broad SMARTS) is 1. The van der Waals surface area contributed by atoms with Gasteiger partial charge in [0, 0.05) is 58.3 Å². The van der Waals surface area contributed by atoms with E-state index in [2.05, 4.69) is 18.4 Å². The SMILES string of the molecule is C=C(/C=C1/OCO/C1=C/C)C1CN(CC(=O)N(CCCC)CCCCN(C)C)[C@@H](CCN2CCN(C)C2=O)[C@@H]1C(=O)O. The highest BCUT2D eigenvalue weighted by molar-refractivity contribution is 5.79. The van der Waals surface area contributed by atoms with Crippen molar-refractivity contribution in [1.82, 2.24) is 24.5 Å². The van der Waals surface area contributed by atoms with Gasteiger partial charge in [0.1, 0.15) is 0 Å². The van der Waals surface area contributed by atoms with E-state index in [1.54, 1.807) is 29.0 Å². The van der Waals surface area contributed by atoms with Crippen LogP contribution in [0.5, 0.6) is 0 Å². The minimum absolute atomic E-state index is 0.0211. The molecule has 42 heavy (non-hydrogen) atoms. The van der Waals surface area contributed by atoms with Crippen LogP contribution in [0.3, 0.4) is 0 Å². The number of carbonyl (C=O) groups is 3. The highest BCUT2D eigenvalue weighted by Crippen LogP contribution is 2.38. The Morgan fingerprint density at radius 3 is 2.40 bits per heavy atom. The molecule has 11 nitrogen and oxygen atoms in total. The first-order chi connectivity index (χ1) is 20.1. The van der Waals surface area contributed by atoms with E-state index in [9.17, 15) is 19.5 Å². The van der Waals surface area contributed by atoms with Crippen molar-refractivity contribution in [1.29, 1.82) is 0 Å². The third-order valence-corrected chi connectivity index (χ3v) is 8.51. The first-order valence-corrected chi connectivity index (χ1v) is 15.3. The monoisotopic (exact) mass is 589 g/mol. The maximum absolute atomic E-state index is 13.7. The van der Waals surface area contributed by atoms with Crippen LogP contribution in [0.25, 0.3) is 0 Å². The third kappa shape index (κ3) is 8.73. The molecule has 0 saturated carbocycles. The summed E-state index contributed by atoms with van der Waals surface area (Å²) < 4.78 is 11.1. The number of hydrogen-bond acceptors (Lipinski definition) is 7. The molecule has 1 unspecified atom stereocenters. The Kier molecular flexibility index (Phi) is 12.7. The lowest BCUT2D eigenvalue weighted by molar-refractivity contribution is -0.144. The number of carboxylic acids is 1. The molecule has 236 valence electrons. The molecule has 0 aromatic heterocycles. The molecule has 3 aliphatic heterocycles. The summed E-state index contributed by atoms with van der Waals surface area (Å²) in [5, 5.41) is 10.5. The Hall–Kier alpha value is -3.05. The van der Waals surface area contributed by atoms with Gasteiger partial charge in [-0.3, -0.25) is 14.5 Å². The van der Waals surface area contributed by atoms with Gasteiger partial charge in [0.2, 0.25) is 12.7 Å². The zero-order valence-corrected chi connectivity index (χ0v) is 26.2. The number of ether oxygens (including phenoxy) is 2. The zero-order valence-electron chi connectivity index (χ0n) is 26.2. The standard InChI is InChI=1S/C31H51N5O6/c1-7-9-14-34(15-11-10-13-32(4)5)28(37)21-36-20-24(23(3)19-27-26(8-2)41-22-42-27)29(30(38)39)25(36)12-16-35-18-17-33(6)31(35)40/h8,19,24-25,29H,3,7,9-18,20-22H2,1-2,4-6H3,(H,38,39)/b26-8+,27-19+/t24?,25-,29+/m0/s1. The Balaban J connectivity index is 1.82. The van der Waals surface area contributed by atoms with Crippen molar-refractivity contribution in [3.8, 4) is 0 Å². The van der Waals surface area contributed by atoms with E-state index in [0.717, 1.165) is 32.2 Å². The molecule has 3 fully saturated rings. The van der Waals surface area contributed by atoms with Crippen LogP contribution in [0.15, 0.2) is 35.8 Å². The number of carbonyl (C=O) groups excluding carboxylic acids is 2. The van der Waals surface area contributed by atoms with Crippen LogP contribution < -0.4 is 0 Å². The van der Waals surface area contributed by atoms with E-state index >= 15 is 0 Å². The normalized spacial score (nSPS) is 24.6. The molecule has 3 atom stereocenters. The van der Waals surface area contributed by atoms with Crippen molar-refractivity contribution in [2.75, 3.05) is 80.3 Å². The van der Waals surface area contributed by atoms with Gasteiger partial charge in [0.25, 0.3) is 0 Å². The predicted octanol–water partition coefficient (Wildman–Crippen LogP) is 3.06. The van der Waals surface area contributed by atoms with Crippen LogP contribution in [0.2, 0.25) is 0 Å². The first kappa shape index (κ1) is 33.5. The van der Waals surface area contributed by atoms with Gasteiger partial charge in [-0.25, -0.2) is 4.79 Å². The zero-order chi connectivity index (χ0) is 30.8. The summed E-state index contributed by atoms with van der Waals surface area (Å²) in [5.74, 6) is -0.970. The van der Waals surface area contributed by atoms with Crippen molar-refractivity contribution in [3.63, 3.8) is 0 Å². The quantitative estimate of drug-likeness (QED) is 0.274. The van der Waals surface area contributed by atoms with E-state index in [-0.39, 0.29) is 25.3 Å². The molecule has 3 amide bonds. The molecule has 3 heterocycles. The summed E-state index contributed by atoms with van der Waals surface area (Å²) in [6.45, 7) is 12.9. The minimum Gasteiger partial charge on any atom is -0.481 e. The number of likely N-dealkylation sites (N-methyl/N-ethyl adjacent to an activating group) is 1. The van der Waals surface area contributed by atoms with Crippen LogP contribution in [-0.2, 0) is 19.1 Å². The van der Waals surface area contributed by atoms with Gasteiger partial charge in [-0.2, -0.15) is 0 Å². The van der Waals surface area contributed by atoms with Crippen LogP contribution in [-0.4, -0.2) is 134 Å². The molecule has 11 heteroatoms. The van der Waals surface area contributed by atoms with E-state index in [1.807, 2.05) is 30.8 Å². The van der Waals surface area contributed by atoms with Gasteiger partial charge in [0.15, 0.2) is 11.5 Å². The van der Waals surface area contributed by atoms with Gasteiger partial charge < -0.3 is 34.2 Å². The van der Waals surface area contributed by atoms with Gasteiger partial charge >= 0.3 is 12.0 Å². The Morgan fingerprint density at radius 1 is 1.10 bits per heavy atom. The summed E-state index contributed by atoms with van der Waals surface area (Å²) in [7, 11) is 5.87. The summed E-state index contributed by atoms with van der Waals surface area (Å²) in [4.78, 5) is 48.6. The smallest absolute Gasteiger partial charge is 0.319 e. The molecule has 1 N–H and O–H groups in total. The van der Waals surface area contributed by atoms with Crippen molar-refractivity contribution in [2.45, 2.75) is 52.0 Å². The Morgan fingerprint density at radius 2 is 1.79 bits per heavy atom. The molecule has 0 aromatic rings. The van der Waals surface area contributed by atoms with Crippen molar-refractivity contribution in [2.24, 2.45) is 11.8 Å². The molecule has 0 spiro atoms. The lowest BCUT2D eigenvalue weighted by Gasteiger charge is -2.30. The van der Waals surface area contributed by atoms with E-state index in [4.69, 9.17) is 9.47 Å². The van der Waals surface area contributed by atoms with Crippen LogP contribution >= 0.6 is 0 Å². The summed E-state index contributed by atoms with van der Waals surface area (Å²) in [6, 6.07) is -0.470. The highest BCUT2D eigenvalue weighted by atomic mass is 16.7. The summed E-state index contributed by atoms with van der Waals surface area (Å²) >= 11 is 0. The largest absolute Gasteiger partial charge is 0.481 e. The number of urea groups is 1. The second-order valence-corrected chi connectivity index (χ2v) is 11.8. The van der Waals surface area contributed by atoms with E-state index in [1.165, 1.54) is 0 Å². The van der Waals surface area contributed by atoms with Crippen molar-refractivity contribution >= 4 is 17.9 Å². The van der Waals surface area contributed by atoms with E-state index < -0.39 is 23.8 Å².